The van der Waals surface area contributed by atoms with Crippen molar-refractivity contribution in [3.05, 3.63) is 72.2 Å². The van der Waals surface area contributed by atoms with Crippen molar-refractivity contribution in [2.45, 2.75) is 19.8 Å². The van der Waals surface area contributed by atoms with Crippen molar-refractivity contribution in [2.75, 3.05) is 36.6 Å². The van der Waals surface area contributed by atoms with Gasteiger partial charge in [0.25, 0.3) is 0 Å². The average Bonchev–Trinajstić information content (AvgIpc) is 3.21. The molecule has 2 aromatic heterocycles. The summed E-state index contributed by atoms with van der Waals surface area (Å²) in [4.78, 5) is 11.2. The summed E-state index contributed by atoms with van der Waals surface area (Å²) in [6, 6.07) is 16.4. The van der Waals surface area contributed by atoms with E-state index in [1.54, 1.807) is 31.5 Å². The minimum atomic E-state index is -2.97. The molecule has 0 aliphatic carbocycles. The number of pyridine rings is 1. The van der Waals surface area contributed by atoms with E-state index in [0.717, 1.165) is 28.0 Å². The highest BCUT2D eigenvalue weighted by atomic mass is 32.2. The predicted octanol–water partition coefficient (Wildman–Crippen LogP) is 4.13. The lowest BCUT2D eigenvalue weighted by Gasteiger charge is -2.27. The Bertz CT molecular complexity index is 1490. The van der Waals surface area contributed by atoms with Crippen molar-refractivity contribution in [1.29, 1.82) is 0 Å². The molecule has 1 fully saturated rings. The summed E-state index contributed by atoms with van der Waals surface area (Å²) in [6.07, 6.45) is 1.77. The molecule has 37 heavy (non-hydrogen) atoms. The van der Waals surface area contributed by atoms with Crippen LogP contribution in [0.25, 0.3) is 22.2 Å². The third-order valence-corrected chi connectivity index (χ3v) is 7.98. The van der Waals surface area contributed by atoms with E-state index in [0.29, 0.717) is 24.5 Å². The molecule has 1 saturated heterocycles. The number of ether oxygens (including phenoxy) is 2. The van der Waals surface area contributed by atoms with Crippen LogP contribution in [0.5, 0.6) is 5.75 Å². The molecule has 0 N–H and O–H groups in total. The Morgan fingerprint density at radius 1 is 1.03 bits per heavy atom. The Kier molecular flexibility index (Phi) is 7.07. The molecule has 0 saturated carbocycles. The number of hydrogen-bond acceptors (Lipinski definition) is 7. The van der Waals surface area contributed by atoms with Crippen LogP contribution in [-0.4, -0.2) is 61.3 Å². The monoisotopic (exact) mass is 528 g/mol. The van der Waals surface area contributed by atoms with Crippen LogP contribution in [0.15, 0.2) is 60.8 Å². The van der Waals surface area contributed by atoms with E-state index >= 15 is 0 Å². The molecule has 4 aromatic rings. The standard InChI is InChI=1S/C26H26F2N4O4S/c1-35-17-25-30-21-8-6-18(19-7-9-24(29-15-19)31-10-12-37(33,34)13-11-31)14-22(21)32(25)16-20-4-2-3-5-23(20)36-26(27)28/h2-9,14-15,26H,10-13,16-17H2,1H3. The zero-order valence-electron chi connectivity index (χ0n) is 20.2. The van der Waals surface area contributed by atoms with Gasteiger partial charge in [0, 0.05) is 37.5 Å². The van der Waals surface area contributed by atoms with Crippen LogP contribution in [0.2, 0.25) is 0 Å². The molecule has 0 amide bonds. The Morgan fingerprint density at radius 3 is 2.49 bits per heavy atom. The Hall–Kier alpha value is -3.57. The normalized spacial score (nSPS) is 15.4. The number of fused-ring (bicyclic) bond motifs is 1. The lowest BCUT2D eigenvalue weighted by molar-refractivity contribution is -0.0504. The summed E-state index contributed by atoms with van der Waals surface area (Å²) in [5.41, 5.74) is 3.97. The Morgan fingerprint density at radius 2 is 1.78 bits per heavy atom. The van der Waals surface area contributed by atoms with Crippen molar-refractivity contribution < 1.29 is 26.7 Å². The minimum absolute atomic E-state index is 0.115. The van der Waals surface area contributed by atoms with Gasteiger partial charge in [-0.3, -0.25) is 0 Å². The molecule has 0 bridgehead atoms. The average molecular weight is 529 g/mol. The Labute approximate surface area is 213 Å². The van der Waals surface area contributed by atoms with Crippen molar-refractivity contribution >= 4 is 26.7 Å². The lowest BCUT2D eigenvalue weighted by Crippen LogP contribution is -2.40. The van der Waals surface area contributed by atoms with E-state index in [4.69, 9.17) is 9.47 Å². The van der Waals surface area contributed by atoms with Crippen molar-refractivity contribution in [3.63, 3.8) is 0 Å². The van der Waals surface area contributed by atoms with Gasteiger partial charge in [-0.1, -0.05) is 24.3 Å². The molecule has 0 radical (unpaired) electrons. The number of methoxy groups -OCH3 is 1. The maximum Gasteiger partial charge on any atom is 0.387 e. The van der Waals surface area contributed by atoms with Crippen LogP contribution in [0.1, 0.15) is 11.4 Å². The first-order valence-electron chi connectivity index (χ1n) is 11.8. The number of imidazole rings is 1. The molecule has 2 aromatic carbocycles. The van der Waals surface area contributed by atoms with E-state index < -0.39 is 16.4 Å². The van der Waals surface area contributed by atoms with E-state index in [2.05, 4.69) is 9.97 Å². The summed E-state index contributed by atoms with van der Waals surface area (Å²) < 4.78 is 61.4. The highest BCUT2D eigenvalue weighted by Gasteiger charge is 2.22. The summed E-state index contributed by atoms with van der Waals surface area (Å²) in [5.74, 6) is 1.78. The van der Waals surface area contributed by atoms with Crippen molar-refractivity contribution in [2.24, 2.45) is 0 Å². The molecular formula is C26H26F2N4O4S. The minimum Gasteiger partial charge on any atom is -0.434 e. The van der Waals surface area contributed by atoms with Gasteiger partial charge in [0.05, 0.1) is 29.1 Å². The number of para-hydroxylation sites is 1. The molecule has 0 unspecified atom stereocenters. The number of sulfone groups is 1. The number of halogens is 2. The van der Waals surface area contributed by atoms with E-state index in [1.807, 2.05) is 39.8 Å². The number of hydrogen-bond donors (Lipinski definition) is 0. The Balaban J connectivity index is 1.47. The zero-order chi connectivity index (χ0) is 26.0. The highest BCUT2D eigenvalue weighted by molar-refractivity contribution is 7.91. The molecule has 194 valence electrons. The van der Waals surface area contributed by atoms with Gasteiger partial charge in [-0.05, 0) is 35.9 Å². The molecule has 0 atom stereocenters. The fourth-order valence-electron chi connectivity index (χ4n) is 4.47. The van der Waals surface area contributed by atoms with Crippen LogP contribution >= 0.6 is 0 Å². The van der Waals surface area contributed by atoms with Crippen molar-refractivity contribution in [1.82, 2.24) is 14.5 Å². The number of anilines is 1. The largest absolute Gasteiger partial charge is 0.434 e. The third-order valence-electron chi connectivity index (χ3n) is 6.37. The second-order valence-electron chi connectivity index (χ2n) is 8.78. The first-order chi connectivity index (χ1) is 17.8. The number of alkyl halides is 2. The zero-order valence-corrected chi connectivity index (χ0v) is 21.0. The third kappa shape index (κ3) is 5.57. The summed E-state index contributed by atoms with van der Waals surface area (Å²) in [6.45, 7) is -1.53. The van der Waals surface area contributed by atoms with Gasteiger partial charge in [0.15, 0.2) is 9.84 Å². The van der Waals surface area contributed by atoms with Gasteiger partial charge in [0.1, 0.15) is 24.0 Å². The first-order valence-corrected chi connectivity index (χ1v) is 13.6. The molecule has 1 aliphatic heterocycles. The number of nitrogens with zero attached hydrogens (tertiary/aromatic N) is 4. The van der Waals surface area contributed by atoms with E-state index in [-0.39, 0.29) is 30.4 Å². The van der Waals surface area contributed by atoms with Gasteiger partial charge >= 0.3 is 6.61 Å². The van der Waals surface area contributed by atoms with Gasteiger partial charge in [-0.15, -0.1) is 0 Å². The molecule has 0 spiro atoms. The SMILES string of the molecule is COCc1nc2ccc(-c3ccc(N4CCS(=O)(=O)CC4)nc3)cc2n1Cc1ccccc1OC(F)F. The maximum absolute atomic E-state index is 13.0. The van der Waals surface area contributed by atoms with Crippen LogP contribution in [0.4, 0.5) is 14.6 Å². The van der Waals surface area contributed by atoms with Crippen molar-refractivity contribution in [3.8, 4) is 16.9 Å². The number of benzene rings is 2. The first kappa shape index (κ1) is 25.1. The van der Waals surface area contributed by atoms with Crippen LogP contribution in [0, 0.1) is 0 Å². The smallest absolute Gasteiger partial charge is 0.387 e. The van der Waals surface area contributed by atoms with Gasteiger partial charge in [-0.2, -0.15) is 8.78 Å². The van der Waals surface area contributed by atoms with Gasteiger partial charge < -0.3 is 18.9 Å². The fraction of sp³-hybridized carbons (Fsp3) is 0.308. The lowest BCUT2D eigenvalue weighted by atomic mass is 10.1. The summed E-state index contributed by atoms with van der Waals surface area (Å²) in [5, 5.41) is 0. The molecule has 3 heterocycles. The molecule has 8 nitrogen and oxygen atoms in total. The van der Waals surface area contributed by atoms with Crippen LogP contribution in [0.3, 0.4) is 0 Å². The highest BCUT2D eigenvalue weighted by Crippen LogP contribution is 2.29. The summed E-state index contributed by atoms with van der Waals surface area (Å²) >= 11 is 0. The summed E-state index contributed by atoms with van der Waals surface area (Å²) in [7, 11) is -1.39. The number of rotatable bonds is 8. The second kappa shape index (κ2) is 10.4. The second-order valence-corrected chi connectivity index (χ2v) is 11.1. The predicted molar refractivity (Wildman–Crippen MR) is 137 cm³/mol. The van der Waals surface area contributed by atoms with E-state index in [1.165, 1.54) is 6.07 Å². The molecule has 11 heteroatoms. The quantitative estimate of drug-likeness (QED) is 0.340. The number of aromatic nitrogens is 3. The maximum atomic E-state index is 13.0. The van der Waals surface area contributed by atoms with E-state index in [9.17, 15) is 17.2 Å². The van der Waals surface area contributed by atoms with Crippen LogP contribution in [-0.2, 0) is 27.7 Å². The van der Waals surface area contributed by atoms with Gasteiger partial charge in [-0.25, -0.2) is 18.4 Å². The van der Waals surface area contributed by atoms with Gasteiger partial charge in [0.2, 0.25) is 0 Å². The topological polar surface area (TPSA) is 86.5 Å². The molecule has 5 rings (SSSR count). The van der Waals surface area contributed by atoms with Crippen LogP contribution < -0.4 is 9.64 Å². The molecule has 1 aliphatic rings. The molecular weight excluding hydrogens is 502 g/mol. The fourth-order valence-corrected chi connectivity index (χ4v) is 5.67.